The molecule has 0 aliphatic heterocycles. The van der Waals surface area contributed by atoms with Crippen LogP contribution in [0.15, 0.2) is 0 Å². The van der Waals surface area contributed by atoms with E-state index in [2.05, 4.69) is 20.8 Å². The molecule has 0 amide bonds. The molecule has 2 aliphatic rings. The first kappa shape index (κ1) is 18.3. The van der Waals surface area contributed by atoms with E-state index in [4.69, 9.17) is 0 Å². The molecular formula is C22H42. The average Bonchev–Trinajstić information content (AvgIpc) is 2.59. The van der Waals surface area contributed by atoms with Gasteiger partial charge in [-0.1, -0.05) is 72.1 Å². The Morgan fingerprint density at radius 2 is 1.32 bits per heavy atom. The van der Waals surface area contributed by atoms with Crippen LogP contribution in [0.4, 0.5) is 0 Å². The van der Waals surface area contributed by atoms with Crippen LogP contribution in [0.1, 0.15) is 117 Å². The molecule has 0 bridgehead atoms. The summed E-state index contributed by atoms with van der Waals surface area (Å²) < 4.78 is 0. The molecule has 0 nitrogen and oxygen atoms in total. The Morgan fingerprint density at radius 3 is 1.86 bits per heavy atom. The SMILES string of the molecule is CCCCC1CCC([C@H]2CC[C@](CC)(CCCC)CC2)CC1. The Kier molecular flexibility index (Phi) is 7.78. The van der Waals surface area contributed by atoms with E-state index in [9.17, 15) is 0 Å². The third-order valence-electron chi connectivity index (χ3n) is 7.43. The van der Waals surface area contributed by atoms with E-state index in [1.807, 2.05) is 0 Å². The lowest BCUT2D eigenvalue weighted by Gasteiger charge is -2.44. The predicted octanol–water partition coefficient (Wildman–Crippen LogP) is 7.76. The normalized spacial score (nSPS) is 36.4. The molecule has 2 aliphatic carbocycles. The van der Waals surface area contributed by atoms with Gasteiger partial charge in [-0.15, -0.1) is 0 Å². The fraction of sp³-hybridized carbons (Fsp3) is 1.00. The molecule has 0 aromatic rings. The third kappa shape index (κ3) is 5.00. The van der Waals surface area contributed by atoms with Crippen molar-refractivity contribution in [3.05, 3.63) is 0 Å². The predicted molar refractivity (Wildman–Crippen MR) is 99.2 cm³/mol. The lowest BCUT2D eigenvalue weighted by atomic mass is 9.62. The molecule has 0 aromatic carbocycles. The van der Waals surface area contributed by atoms with Crippen LogP contribution in [-0.2, 0) is 0 Å². The molecule has 0 spiro atoms. The first-order valence-corrected chi connectivity index (χ1v) is 10.7. The van der Waals surface area contributed by atoms with Gasteiger partial charge in [-0.25, -0.2) is 0 Å². The maximum atomic E-state index is 2.45. The summed E-state index contributed by atoms with van der Waals surface area (Å²) in [7, 11) is 0. The fourth-order valence-corrected chi connectivity index (χ4v) is 5.50. The molecule has 0 heteroatoms. The zero-order valence-electron chi connectivity index (χ0n) is 15.8. The van der Waals surface area contributed by atoms with Gasteiger partial charge in [-0.2, -0.15) is 0 Å². The smallest absolute Gasteiger partial charge is 0.0300 e. The molecule has 0 heterocycles. The summed E-state index contributed by atoms with van der Waals surface area (Å²) in [5.74, 6) is 3.27. The summed E-state index contributed by atoms with van der Waals surface area (Å²) >= 11 is 0. The van der Waals surface area contributed by atoms with Gasteiger partial charge in [0.05, 0.1) is 0 Å². The molecule has 130 valence electrons. The van der Waals surface area contributed by atoms with E-state index in [1.54, 1.807) is 51.4 Å². The summed E-state index contributed by atoms with van der Waals surface area (Å²) in [5.41, 5.74) is 0.741. The van der Waals surface area contributed by atoms with Crippen molar-refractivity contribution in [3.8, 4) is 0 Å². The van der Waals surface area contributed by atoms with E-state index >= 15 is 0 Å². The number of hydrogen-bond acceptors (Lipinski definition) is 0. The molecule has 22 heavy (non-hydrogen) atoms. The minimum atomic E-state index is 0.741. The zero-order chi connectivity index (χ0) is 15.8. The zero-order valence-corrected chi connectivity index (χ0v) is 15.8. The second-order valence-corrected chi connectivity index (χ2v) is 8.72. The van der Waals surface area contributed by atoms with Crippen molar-refractivity contribution in [1.29, 1.82) is 0 Å². The van der Waals surface area contributed by atoms with E-state index < -0.39 is 0 Å². The van der Waals surface area contributed by atoms with E-state index in [-0.39, 0.29) is 0 Å². The fourth-order valence-electron chi connectivity index (χ4n) is 5.50. The van der Waals surface area contributed by atoms with Gasteiger partial charge in [0.15, 0.2) is 0 Å². The summed E-state index contributed by atoms with van der Waals surface area (Å²) in [6.45, 7) is 7.15. The minimum absolute atomic E-state index is 0.741. The molecule has 2 saturated carbocycles. The first-order valence-electron chi connectivity index (χ1n) is 10.7. The molecule has 0 unspecified atom stereocenters. The summed E-state index contributed by atoms with van der Waals surface area (Å²) in [6.07, 6.45) is 22.6. The second-order valence-electron chi connectivity index (χ2n) is 8.72. The molecule has 2 fully saturated rings. The van der Waals surface area contributed by atoms with Gasteiger partial charge in [0, 0.05) is 0 Å². The van der Waals surface area contributed by atoms with Crippen LogP contribution in [0.3, 0.4) is 0 Å². The van der Waals surface area contributed by atoms with Crippen molar-refractivity contribution in [3.63, 3.8) is 0 Å². The van der Waals surface area contributed by atoms with Crippen LogP contribution in [0.5, 0.6) is 0 Å². The molecule has 0 saturated heterocycles. The summed E-state index contributed by atoms with van der Waals surface area (Å²) in [5, 5.41) is 0. The molecule has 0 radical (unpaired) electrons. The standard InChI is InChI=1S/C22H42/c1-4-7-9-19-10-12-20(13-11-19)21-14-17-22(6-3,18-15-21)16-8-5-2/h19-21H,4-18H2,1-3H3/t19?,20?,21-,22-. The first-order chi connectivity index (χ1) is 10.7. The van der Waals surface area contributed by atoms with Crippen molar-refractivity contribution in [2.75, 3.05) is 0 Å². The number of unbranched alkanes of at least 4 members (excludes halogenated alkanes) is 2. The van der Waals surface area contributed by atoms with E-state index in [1.165, 1.54) is 44.9 Å². The van der Waals surface area contributed by atoms with Gasteiger partial charge >= 0.3 is 0 Å². The lowest BCUT2D eigenvalue weighted by molar-refractivity contribution is 0.0801. The van der Waals surface area contributed by atoms with Gasteiger partial charge in [-0.3, -0.25) is 0 Å². The van der Waals surface area contributed by atoms with Gasteiger partial charge < -0.3 is 0 Å². The highest BCUT2D eigenvalue weighted by Crippen LogP contribution is 2.49. The third-order valence-corrected chi connectivity index (χ3v) is 7.43. The van der Waals surface area contributed by atoms with Gasteiger partial charge in [0.2, 0.25) is 0 Å². The lowest BCUT2D eigenvalue weighted by Crippen LogP contribution is -2.31. The van der Waals surface area contributed by atoms with Crippen LogP contribution < -0.4 is 0 Å². The van der Waals surface area contributed by atoms with Crippen molar-refractivity contribution >= 4 is 0 Å². The highest BCUT2D eigenvalue weighted by atomic mass is 14.4. The second kappa shape index (κ2) is 9.33. The van der Waals surface area contributed by atoms with Gasteiger partial charge in [-0.05, 0) is 68.1 Å². The van der Waals surface area contributed by atoms with Crippen molar-refractivity contribution in [2.24, 2.45) is 23.2 Å². The largest absolute Gasteiger partial charge is 0.0654 e. The Balaban J connectivity index is 1.73. The molecule has 0 aromatic heterocycles. The number of hydrogen-bond donors (Lipinski definition) is 0. The highest BCUT2D eigenvalue weighted by Gasteiger charge is 2.36. The van der Waals surface area contributed by atoms with Crippen molar-refractivity contribution in [1.82, 2.24) is 0 Å². The molecule has 0 atom stereocenters. The van der Waals surface area contributed by atoms with Gasteiger partial charge in [0.25, 0.3) is 0 Å². The van der Waals surface area contributed by atoms with Crippen LogP contribution in [-0.4, -0.2) is 0 Å². The van der Waals surface area contributed by atoms with Crippen molar-refractivity contribution < 1.29 is 0 Å². The monoisotopic (exact) mass is 306 g/mol. The Hall–Kier alpha value is 0. The van der Waals surface area contributed by atoms with Crippen LogP contribution in [0.25, 0.3) is 0 Å². The maximum Gasteiger partial charge on any atom is -0.0300 e. The Bertz CT molecular complexity index is 276. The molecular weight excluding hydrogens is 264 g/mol. The van der Waals surface area contributed by atoms with Gasteiger partial charge in [0.1, 0.15) is 0 Å². The van der Waals surface area contributed by atoms with Crippen LogP contribution >= 0.6 is 0 Å². The highest BCUT2D eigenvalue weighted by molar-refractivity contribution is 4.88. The topological polar surface area (TPSA) is 0 Å². The minimum Gasteiger partial charge on any atom is -0.0654 e. The summed E-state index contributed by atoms with van der Waals surface area (Å²) in [4.78, 5) is 0. The quantitative estimate of drug-likeness (QED) is 0.430. The Labute approximate surface area is 140 Å². The number of rotatable bonds is 8. The van der Waals surface area contributed by atoms with Crippen molar-refractivity contribution in [2.45, 2.75) is 117 Å². The van der Waals surface area contributed by atoms with Crippen LogP contribution in [0, 0.1) is 23.2 Å². The summed E-state index contributed by atoms with van der Waals surface area (Å²) in [6, 6.07) is 0. The maximum absolute atomic E-state index is 2.45. The molecule has 2 rings (SSSR count). The Morgan fingerprint density at radius 1 is 0.727 bits per heavy atom. The van der Waals surface area contributed by atoms with Crippen LogP contribution in [0.2, 0.25) is 0 Å². The van der Waals surface area contributed by atoms with E-state index in [0.29, 0.717) is 0 Å². The van der Waals surface area contributed by atoms with E-state index in [0.717, 1.165) is 23.2 Å². The average molecular weight is 307 g/mol. The molecule has 0 N–H and O–H groups in total.